The van der Waals surface area contributed by atoms with Gasteiger partial charge in [-0.2, -0.15) is 0 Å². The zero-order valence-corrected chi connectivity index (χ0v) is 15.3. The van der Waals surface area contributed by atoms with Crippen LogP contribution in [0.5, 0.6) is 0 Å². The molecule has 0 radical (unpaired) electrons. The molecule has 0 unspecified atom stereocenters. The average Bonchev–Trinajstić information content (AvgIpc) is 2.63. The summed E-state index contributed by atoms with van der Waals surface area (Å²) >= 11 is 0. The molecule has 0 aromatic heterocycles. The highest BCUT2D eigenvalue weighted by Crippen LogP contribution is 2.23. The fraction of sp³-hybridized carbons (Fsp3) is 0.667. The Balaban J connectivity index is 1.42. The Morgan fingerprint density at radius 3 is 2.36 bits per heavy atom. The second kappa shape index (κ2) is 8.58. The predicted octanol–water partition coefficient (Wildman–Crippen LogP) is 2.14. The molecule has 140 valence electrons. The molecular formula is C18H27FN2O3S. The zero-order chi connectivity index (χ0) is 17.7. The van der Waals surface area contributed by atoms with Crippen LogP contribution in [0.15, 0.2) is 24.3 Å². The highest BCUT2D eigenvalue weighted by Gasteiger charge is 2.27. The molecule has 2 heterocycles. The van der Waals surface area contributed by atoms with E-state index < -0.39 is 10.0 Å². The van der Waals surface area contributed by atoms with Gasteiger partial charge in [-0.3, -0.25) is 0 Å². The molecule has 2 fully saturated rings. The minimum absolute atomic E-state index is 0.103. The van der Waals surface area contributed by atoms with Gasteiger partial charge in [0.2, 0.25) is 10.0 Å². The first-order valence-electron chi connectivity index (χ1n) is 9.05. The number of rotatable bonds is 6. The van der Waals surface area contributed by atoms with Gasteiger partial charge in [-0.05, 0) is 62.4 Å². The molecule has 1 N–H and O–H groups in total. The van der Waals surface area contributed by atoms with Crippen LogP contribution in [0.4, 0.5) is 4.39 Å². The van der Waals surface area contributed by atoms with Crippen molar-refractivity contribution in [2.45, 2.75) is 37.5 Å². The van der Waals surface area contributed by atoms with Gasteiger partial charge < -0.3 is 9.64 Å². The molecule has 1 aromatic rings. The number of hydrogen-bond donors (Lipinski definition) is 1. The van der Waals surface area contributed by atoms with Crippen molar-refractivity contribution in [1.29, 1.82) is 0 Å². The SMILES string of the molecule is O=S(=O)(Cc1ccc(F)cc1)NCC1CCN(C2CCOCC2)CC1. The fourth-order valence-electron chi connectivity index (χ4n) is 3.67. The number of piperidine rings is 1. The molecule has 0 amide bonds. The maximum atomic E-state index is 12.9. The standard InChI is InChI=1S/C18H27FN2O3S/c19-17-3-1-16(2-4-17)14-25(22,23)20-13-15-5-9-21(10-6-15)18-7-11-24-12-8-18/h1-4,15,18,20H,5-14H2. The van der Waals surface area contributed by atoms with Crippen LogP contribution in [0, 0.1) is 11.7 Å². The van der Waals surface area contributed by atoms with E-state index in [4.69, 9.17) is 4.74 Å². The van der Waals surface area contributed by atoms with Crippen LogP contribution in [-0.4, -0.2) is 52.2 Å². The molecule has 0 bridgehead atoms. The van der Waals surface area contributed by atoms with Crippen LogP contribution in [0.25, 0.3) is 0 Å². The van der Waals surface area contributed by atoms with E-state index in [0.29, 0.717) is 24.1 Å². The van der Waals surface area contributed by atoms with E-state index in [1.54, 1.807) is 0 Å². The van der Waals surface area contributed by atoms with Gasteiger partial charge in [0.25, 0.3) is 0 Å². The average molecular weight is 370 g/mol. The monoisotopic (exact) mass is 370 g/mol. The first-order valence-corrected chi connectivity index (χ1v) is 10.7. The van der Waals surface area contributed by atoms with Crippen LogP contribution in [-0.2, 0) is 20.5 Å². The van der Waals surface area contributed by atoms with E-state index in [9.17, 15) is 12.8 Å². The molecule has 0 saturated carbocycles. The summed E-state index contributed by atoms with van der Waals surface area (Å²) in [5.74, 6) is -0.0711. The van der Waals surface area contributed by atoms with Crippen molar-refractivity contribution in [3.63, 3.8) is 0 Å². The molecule has 0 spiro atoms. The molecule has 0 aliphatic carbocycles. The van der Waals surface area contributed by atoms with Crippen molar-refractivity contribution in [3.05, 3.63) is 35.6 Å². The smallest absolute Gasteiger partial charge is 0.215 e. The maximum absolute atomic E-state index is 12.9. The van der Waals surface area contributed by atoms with Crippen LogP contribution in [0.2, 0.25) is 0 Å². The number of benzene rings is 1. The molecule has 7 heteroatoms. The summed E-state index contributed by atoms with van der Waals surface area (Å²) < 4.78 is 45.5. The van der Waals surface area contributed by atoms with Gasteiger partial charge in [0, 0.05) is 25.8 Å². The van der Waals surface area contributed by atoms with Gasteiger partial charge >= 0.3 is 0 Å². The van der Waals surface area contributed by atoms with Gasteiger partial charge in [0.1, 0.15) is 5.82 Å². The molecule has 2 saturated heterocycles. The lowest BCUT2D eigenvalue weighted by Crippen LogP contribution is -2.45. The van der Waals surface area contributed by atoms with Crippen molar-refractivity contribution < 1.29 is 17.5 Å². The van der Waals surface area contributed by atoms with Crippen LogP contribution >= 0.6 is 0 Å². The van der Waals surface area contributed by atoms with Gasteiger partial charge in [0.05, 0.1) is 5.75 Å². The van der Waals surface area contributed by atoms with E-state index in [0.717, 1.165) is 52.0 Å². The van der Waals surface area contributed by atoms with E-state index in [2.05, 4.69) is 9.62 Å². The lowest BCUT2D eigenvalue weighted by Gasteiger charge is -2.39. The van der Waals surface area contributed by atoms with E-state index >= 15 is 0 Å². The maximum Gasteiger partial charge on any atom is 0.215 e. The fourth-order valence-corrected chi connectivity index (χ4v) is 4.89. The topological polar surface area (TPSA) is 58.6 Å². The number of nitrogens with one attached hydrogen (secondary N) is 1. The second-order valence-corrected chi connectivity index (χ2v) is 8.86. The summed E-state index contributed by atoms with van der Waals surface area (Å²) in [7, 11) is -3.38. The van der Waals surface area contributed by atoms with Gasteiger partial charge in [-0.15, -0.1) is 0 Å². The normalized spacial score (nSPS) is 21.5. The van der Waals surface area contributed by atoms with Crippen LogP contribution < -0.4 is 4.72 Å². The molecular weight excluding hydrogens is 343 g/mol. The van der Waals surface area contributed by atoms with Gasteiger partial charge in [-0.1, -0.05) is 12.1 Å². The summed E-state index contributed by atoms with van der Waals surface area (Å²) in [5, 5.41) is 0. The number of nitrogens with zero attached hydrogens (tertiary/aromatic N) is 1. The molecule has 3 rings (SSSR count). The van der Waals surface area contributed by atoms with E-state index in [-0.39, 0.29) is 11.6 Å². The van der Waals surface area contributed by atoms with Crippen LogP contribution in [0.1, 0.15) is 31.2 Å². The Bertz CT molecular complexity index is 637. The molecule has 2 aliphatic heterocycles. The second-order valence-electron chi connectivity index (χ2n) is 7.06. The number of ether oxygens (including phenoxy) is 1. The van der Waals surface area contributed by atoms with Crippen molar-refractivity contribution in [1.82, 2.24) is 9.62 Å². The number of likely N-dealkylation sites (tertiary alicyclic amines) is 1. The summed E-state index contributed by atoms with van der Waals surface area (Å²) in [4.78, 5) is 2.53. The predicted molar refractivity (Wildman–Crippen MR) is 95.2 cm³/mol. The molecule has 25 heavy (non-hydrogen) atoms. The first kappa shape index (κ1) is 18.8. The van der Waals surface area contributed by atoms with Crippen molar-refractivity contribution in [2.24, 2.45) is 5.92 Å². The van der Waals surface area contributed by atoms with Crippen molar-refractivity contribution in [3.8, 4) is 0 Å². The summed E-state index contributed by atoms with van der Waals surface area (Å²) in [6, 6.07) is 6.24. The summed E-state index contributed by atoms with van der Waals surface area (Å²) in [6.45, 7) is 4.27. The third-order valence-corrected chi connectivity index (χ3v) is 6.54. The number of sulfonamides is 1. The number of halogens is 1. The Morgan fingerprint density at radius 2 is 1.72 bits per heavy atom. The zero-order valence-electron chi connectivity index (χ0n) is 14.5. The van der Waals surface area contributed by atoms with E-state index in [1.165, 1.54) is 24.3 Å². The highest BCUT2D eigenvalue weighted by molar-refractivity contribution is 7.88. The van der Waals surface area contributed by atoms with Crippen molar-refractivity contribution >= 4 is 10.0 Å². The quantitative estimate of drug-likeness (QED) is 0.834. The minimum Gasteiger partial charge on any atom is -0.381 e. The van der Waals surface area contributed by atoms with Crippen LogP contribution in [0.3, 0.4) is 0 Å². The number of hydrogen-bond acceptors (Lipinski definition) is 4. The molecule has 2 aliphatic rings. The Labute approximate surface area is 149 Å². The highest BCUT2D eigenvalue weighted by atomic mass is 32.2. The molecule has 0 atom stereocenters. The third kappa shape index (κ3) is 5.74. The molecule has 1 aromatic carbocycles. The lowest BCUT2D eigenvalue weighted by molar-refractivity contribution is 0.0214. The Kier molecular flexibility index (Phi) is 6.44. The summed E-state index contributed by atoms with van der Waals surface area (Å²) in [5.41, 5.74) is 0.600. The third-order valence-electron chi connectivity index (χ3n) is 5.22. The largest absolute Gasteiger partial charge is 0.381 e. The Morgan fingerprint density at radius 1 is 1.08 bits per heavy atom. The molecule has 5 nitrogen and oxygen atoms in total. The summed E-state index contributed by atoms with van der Waals surface area (Å²) in [6.07, 6.45) is 4.26. The van der Waals surface area contributed by atoms with Gasteiger partial charge in [0.15, 0.2) is 0 Å². The van der Waals surface area contributed by atoms with Gasteiger partial charge in [-0.25, -0.2) is 17.5 Å². The Hall–Kier alpha value is -1.02. The lowest BCUT2D eigenvalue weighted by atomic mass is 9.94. The van der Waals surface area contributed by atoms with Crippen molar-refractivity contribution in [2.75, 3.05) is 32.8 Å². The van der Waals surface area contributed by atoms with E-state index in [1.807, 2.05) is 0 Å². The minimum atomic E-state index is -3.38. The first-order chi connectivity index (χ1) is 12.0.